The summed E-state index contributed by atoms with van der Waals surface area (Å²) in [5, 5.41) is 6.00. The molecule has 3 amide bonds. The largest absolute Gasteiger partial charge is 0.379 e. The fraction of sp³-hybridized carbons (Fsp3) is 0.680. The highest BCUT2D eigenvalue weighted by atomic mass is 16.5. The Morgan fingerprint density at radius 1 is 1.16 bits per heavy atom. The first-order valence-electron chi connectivity index (χ1n) is 12.0. The van der Waals surface area contributed by atoms with Gasteiger partial charge in [-0.05, 0) is 56.2 Å². The topological polar surface area (TPSA) is 73.9 Å². The molecule has 0 saturated carbocycles. The van der Waals surface area contributed by atoms with Gasteiger partial charge in [0.1, 0.15) is 0 Å². The summed E-state index contributed by atoms with van der Waals surface area (Å²) in [5.41, 5.74) is 2.12. The highest BCUT2D eigenvalue weighted by Gasteiger charge is 2.32. The van der Waals surface area contributed by atoms with E-state index < -0.39 is 0 Å². The maximum atomic E-state index is 13.1. The standard InChI is InChI=1S/C25H40N4O3/c1-6-25(5,29-9-11-32-12-10-29)17-26-24(31)27-22-14-21(8-7-20(22)4)23(30)28-15-18(2)13-19(3)16-28/h7-8,14,18-19H,6,9-13,15-17H2,1-5H3,(H2,26,27,31)/t18-,19-,25-/m1/s1. The van der Waals surface area contributed by atoms with E-state index in [-0.39, 0.29) is 17.5 Å². The van der Waals surface area contributed by atoms with Crippen molar-refractivity contribution in [3.63, 3.8) is 0 Å². The van der Waals surface area contributed by atoms with Crippen LogP contribution in [0.2, 0.25) is 0 Å². The predicted molar refractivity (Wildman–Crippen MR) is 128 cm³/mol. The molecule has 0 unspecified atom stereocenters. The molecule has 0 aromatic heterocycles. The summed E-state index contributed by atoms with van der Waals surface area (Å²) >= 11 is 0. The van der Waals surface area contributed by atoms with Crippen molar-refractivity contribution in [1.82, 2.24) is 15.1 Å². The van der Waals surface area contributed by atoms with Crippen molar-refractivity contribution in [3.8, 4) is 0 Å². The van der Waals surface area contributed by atoms with Gasteiger partial charge in [-0.25, -0.2) is 4.79 Å². The quantitative estimate of drug-likeness (QED) is 0.701. The molecule has 3 atom stereocenters. The number of benzene rings is 1. The summed E-state index contributed by atoms with van der Waals surface area (Å²) in [4.78, 5) is 30.1. The highest BCUT2D eigenvalue weighted by molar-refractivity contribution is 5.97. The zero-order valence-corrected chi connectivity index (χ0v) is 20.4. The summed E-state index contributed by atoms with van der Waals surface area (Å²) in [5.74, 6) is 1.06. The van der Waals surface area contributed by atoms with Gasteiger partial charge in [0, 0.05) is 49.5 Å². The third-order valence-electron chi connectivity index (χ3n) is 7.05. The number of carbonyl (C=O) groups excluding carboxylic acids is 2. The predicted octanol–water partition coefficient (Wildman–Crippen LogP) is 3.74. The minimum absolute atomic E-state index is 0.0396. The first kappa shape index (κ1) is 24.5. The molecule has 0 bridgehead atoms. The minimum atomic E-state index is -0.245. The maximum absolute atomic E-state index is 13.1. The lowest BCUT2D eigenvalue weighted by molar-refractivity contribution is -0.0163. The van der Waals surface area contributed by atoms with Gasteiger partial charge in [0.2, 0.25) is 0 Å². The third-order valence-corrected chi connectivity index (χ3v) is 7.05. The van der Waals surface area contributed by atoms with Crippen molar-refractivity contribution < 1.29 is 14.3 Å². The SMILES string of the molecule is CC[C@](C)(CNC(=O)Nc1cc(C(=O)N2C[C@H](C)C[C@@H](C)C2)ccc1C)N1CCOCC1. The number of amides is 3. The number of nitrogens with one attached hydrogen (secondary N) is 2. The Balaban J connectivity index is 1.62. The number of morpholine rings is 1. The van der Waals surface area contributed by atoms with Crippen LogP contribution in [-0.4, -0.2) is 73.2 Å². The summed E-state index contributed by atoms with van der Waals surface area (Å²) in [6.45, 7) is 16.0. The van der Waals surface area contributed by atoms with E-state index in [2.05, 4.69) is 43.2 Å². The molecule has 1 aromatic rings. The van der Waals surface area contributed by atoms with Crippen LogP contribution in [-0.2, 0) is 4.74 Å². The molecule has 0 radical (unpaired) electrons. The lowest BCUT2D eigenvalue weighted by Gasteiger charge is -2.43. The molecule has 178 valence electrons. The smallest absolute Gasteiger partial charge is 0.319 e. The molecule has 2 N–H and O–H groups in total. The number of hydrogen-bond acceptors (Lipinski definition) is 4. The van der Waals surface area contributed by atoms with Crippen LogP contribution in [0.4, 0.5) is 10.5 Å². The fourth-order valence-corrected chi connectivity index (χ4v) is 4.90. The van der Waals surface area contributed by atoms with Crippen molar-refractivity contribution >= 4 is 17.6 Å². The van der Waals surface area contributed by atoms with Gasteiger partial charge in [-0.2, -0.15) is 0 Å². The second-order valence-corrected chi connectivity index (χ2v) is 9.94. The number of piperidine rings is 1. The van der Waals surface area contributed by atoms with E-state index >= 15 is 0 Å². The number of carbonyl (C=O) groups is 2. The lowest BCUT2D eigenvalue weighted by Crippen LogP contribution is -2.57. The van der Waals surface area contributed by atoms with Gasteiger partial charge in [-0.15, -0.1) is 0 Å². The van der Waals surface area contributed by atoms with Crippen LogP contribution < -0.4 is 10.6 Å². The average Bonchev–Trinajstić information content (AvgIpc) is 2.78. The van der Waals surface area contributed by atoms with Crippen LogP contribution in [0.1, 0.15) is 56.5 Å². The van der Waals surface area contributed by atoms with Crippen LogP contribution in [0, 0.1) is 18.8 Å². The first-order chi connectivity index (χ1) is 15.2. The lowest BCUT2D eigenvalue weighted by atomic mass is 9.91. The van der Waals surface area contributed by atoms with Crippen LogP contribution in [0.25, 0.3) is 0 Å². The Morgan fingerprint density at radius 2 is 1.81 bits per heavy atom. The number of rotatable bonds is 6. The van der Waals surface area contributed by atoms with Crippen molar-refractivity contribution in [2.45, 2.75) is 53.0 Å². The molecule has 2 aliphatic heterocycles. The van der Waals surface area contributed by atoms with Crippen LogP contribution in [0.15, 0.2) is 18.2 Å². The van der Waals surface area contributed by atoms with Crippen LogP contribution >= 0.6 is 0 Å². The van der Waals surface area contributed by atoms with Crippen molar-refractivity contribution in [2.75, 3.05) is 51.3 Å². The molecule has 32 heavy (non-hydrogen) atoms. The van der Waals surface area contributed by atoms with Crippen molar-refractivity contribution in [1.29, 1.82) is 0 Å². The van der Waals surface area contributed by atoms with E-state index in [4.69, 9.17) is 4.74 Å². The number of ether oxygens (including phenoxy) is 1. The molecule has 7 nitrogen and oxygen atoms in total. The summed E-state index contributed by atoms with van der Waals surface area (Å²) in [7, 11) is 0. The zero-order chi connectivity index (χ0) is 23.3. The Bertz CT molecular complexity index is 798. The minimum Gasteiger partial charge on any atom is -0.379 e. The third kappa shape index (κ3) is 6.01. The van der Waals surface area contributed by atoms with Gasteiger partial charge in [-0.3, -0.25) is 9.69 Å². The number of urea groups is 1. The summed E-state index contributed by atoms with van der Waals surface area (Å²) in [6.07, 6.45) is 2.09. The van der Waals surface area contributed by atoms with Crippen molar-refractivity contribution in [3.05, 3.63) is 29.3 Å². The molecule has 0 aliphatic carbocycles. The van der Waals surface area contributed by atoms with E-state index in [0.717, 1.165) is 57.8 Å². The number of hydrogen-bond donors (Lipinski definition) is 2. The number of aryl methyl sites for hydroxylation is 1. The molecule has 7 heteroatoms. The van der Waals surface area contributed by atoms with Gasteiger partial charge < -0.3 is 20.3 Å². The Morgan fingerprint density at radius 3 is 2.44 bits per heavy atom. The van der Waals surface area contributed by atoms with Gasteiger partial charge in [0.15, 0.2) is 0 Å². The van der Waals surface area contributed by atoms with Gasteiger partial charge in [-0.1, -0.05) is 26.8 Å². The molecule has 2 aliphatic rings. The van der Waals surface area contributed by atoms with Gasteiger partial charge in [0.05, 0.1) is 13.2 Å². The molecule has 2 heterocycles. The average molecular weight is 445 g/mol. The zero-order valence-electron chi connectivity index (χ0n) is 20.4. The summed E-state index contributed by atoms with van der Waals surface area (Å²) < 4.78 is 5.47. The Hall–Kier alpha value is -2.12. The van der Waals surface area contributed by atoms with E-state index in [9.17, 15) is 9.59 Å². The molecule has 3 rings (SSSR count). The van der Waals surface area contributed by atoms with Crippen molar-refractivity contribution in [2.24, 2.45) is 11.8 Å². The molecule has 1 aromatic carbocycles. The van der Waals surface area contributed by atoms with Gasteiger partial charge >= 0.3 is 6.03 Å². The van der Waals surface area contributed by atoms with Crippen LogP contribution in [0.5, 0.6) is 0 Å². The Kier molecular flexibility index (Phi) is 8.17. The van der Waals surface area contributed by atoms with E-state index in [1.165, 1.54) is 0 Å². The summed E-state index contributed by atoms with van der Waals surface area (Å²) in [6, 6.07) is 5.33. The number of anilines is 1. The second kappa shape index (κ2) is 10.7. The van der Waals surface area contributed by atoms with E-state index in [0.29, 0.717) is 29.6 Å². The number of likely N-dealkylation sites (tertiary alicyclic amines) is 1. The molecule has 0 spiro atoms. The molecule has 2 saturated heterocycles. The second-order valence-electron chi connectivity index (χ2n) is 9.94. The first-order valence-corrected chi connectivity index (χ1v) is 12.0. The van der Waals surface area contributed by atoms with Gasteiger partial charge in [0.25, 0.3) is 5.91 Å². The molecular weight excluding hydrogens is 404 g/mol. The monoisotopic (exact) mass is 444 g/mol. The Labute approximate surface area is 192 Å². The highest BCUT2D eigenvalue weighted by Crippen LogP contribution is 2.25. The normalized spacial score (nSPS) is 24.0. The maximum Gasteiger partial charge on any atom is 0.319 e. The van der Waals surface area contributed by atoms with E-state index in [1.807, 2.05) is 30.0 Å². The fourth-order valence-electron chi connectivity index (χ4n) is 4.90. The van der Waals surface area contributed by atoms with E-state index in [1.54, 1.807) is 0 Å². The number of nitrogens with zero attached hydrogens (tertiary/aromatic N) is 2. The molecular formula is C25H40N4O3. The molecule has 2 fully saturated rings. The van der Waals surface area contributed by atoms with Crippen LogP contribution in [0.3, 0.4) is 0 Å².